The van der Waals surface area contributed by atoms with Gasteiger partial charge in [-0.25, -0.2) is 0 Å². The molecule has 6 heteroatoms. The highest BCUT2D eigenvalue weighted by atomic mass is 35.5. The van der Waals surface area contributed by atoms with E-state index in [-0.39, 0.29) is 6.04 Å². The fraction of sp³-hybridized carbons (Fsp3) is 0.235. The zero-order valence-corrected chi connectivity index (χ0v) is 15.0. The number of hydrogen-bond acceptors (Lipinski definition) is 3. The first kappa shape index (κ1) is 15.6. The Hall–Kier alpha value is -0.870. The van der Waals surface area contributed by atoms with Gasteiger partial charge in [-0.3, -0.25) is 4.99 Å². The largest absolute Gasteiger partial charge is 0.485 e. The molecule has 2 unspecified atom stereocenters. The third-order valence-corrected chi connectivity index (χ3v) is 6.00. The van der Waals surface area contributed by atoms with Gasteiger partial charge in [0.25, 0.3) is 0 Å². The van der Waals surface area contributed by atoms with Crippen molar-refractivity contribution < 1.29 is 4.74 Å². The van der Waals surface area contributed by atoms with Crippen LogP contribution in [-0.4, -0.2) is 16.9 Å². The highest BCUT2D eigenvalue weighted by Crippen LogP contribution is 2.46. The minimum absolute atomic E-state index is 0.214. The van der Waals surface area contributed by atoms with Crippen LogP contribution in [-0.2, 0) is 6.42 Å². The molecule has 2 aromatic carbocycles. The van der Waals surface area contributed by atoms with E-state index in [1.807, 2.05) is 6.07 Å². The number of halogens is 3. The lowest BCUT2D eigenvalue weighted by molar-refractivity contribution is 0.379. The highest BCUT2D eigenvalue weighted by molar-refractivity contribution is 8.14. The molecule has 2 aromatic rings. The Labute approximate surface area is 153 Å². The van der Waals surface area contributed by atoms with Crippen LogP contribution in [0.5, 0.6) is 5.75 Å². The maximum absolute atomic E-state index is 6.12. The minimum Gasteiger partial charge on any atom is -0.485 e. The van der Waals surface area contributed by atoms with E-state index in [0.29, 0.717) is 27.7 Å². The predicted octanol–water partition coefficient (Wildman–Crippen LogP) is 5.84. The monoisotopic (exact) mass is 383 g/mol. The molecule has 0 saturated carbocycles. The fourth-order valence-electron chi connectivity index (χ4n) is 2.99. The van der Waals surface area contributed by atoms with Crippen LogP contribution in [0.25, 0.3) is 0 Å². The average molecular weight is 385 g/mol. The van der Waals surface area contributed by atoms with Crippen molar-refractivity contribution in [1.82, 2.24) is 0 Å². The molecule has 23 heavy (non-hydrogen) atoms. The summed E-state index contributed by atoms with van der Waals surface area (Å²) in [6, 6.07) is 11.5. The van der Waals surface area contributed by atoms with Crippen LogP contribution < -0.4 is 4.74 Å². The van der Waals surface area contributed by atoms with Crippen molar-refractivity contribution in [3.8, 4) is 5.75 Å². The van der Waals surface area contributed by atoms with Gasteiger partial charge in [0.15, 0.2) is 0 Å². The molecule has 1 heterocycles. The SMILES string of the molecule is Clc1ccc(OCC2=NC3c4ccc(Cl)cc4CC3S2)c(Cl)c1. The summed E-state index contributed by atoms with van der Waals surface area (Å²) in [6.45, 7) is 0.432. The molecule has 0 saturated heterocycles. The van der Waals surface area contributed by atoms with Crippen molar-refractivity contribution in [2.24, 2.45) is 4.99 Å². The van der Waals surface area contributed by atoms with Gasteiger partial charge in [0.1, 0.15) is 17.4 Å². The van der Waals surface area contributed by atoms with E-state index in [9.17, 15) is 0 Å². The number of fused-ring (bicyclic) bond motifs is 3. The minimum atomic E-state index is 0.214. The molecule has 0 bridgehead atoms. The van der Waals surface area contributed by atoms with Crippen molar-refractivity contribution in [1.29, 1.82) is 0 Å². The topological polar surface area (TPSA) is 21.6 Å². The van der Waals surface area contributed by atoms with Crippen LogP contribution in [0.1, 0.15) is 17.2 Å². The van der Waals surface area contributed by atoms with E-state index in [1.165, 1.54) is 11.1 Å². The van der Waals surface area contributed by atoms with Gasteiger partial charge in [0.05, 0.1) is 11.1 Å². The molecule has 0 aromatic heterocycles. The maximum Gasteiger partial charge on any atom is 0.138 e. The van der Waals surface area contributed by atoms with E-state index in [2.05, 4.69) is 12.1 Å². The predicted molar refractivity (Wildman–Crippen MR) is 98.7 cm³/mol. The van der Waals surface area contributed by atoms with Crippen LogP contribution in [0, 0.1) is 0 Å². The summed E-state index contributed by atoms with van der Waals surface area (Å²) in [4.78, 5) is 4.83. The van der Waals surface area contributed by atoms with Gasteiger partial charge in [0, 0.05) is 15.3 Å². The van der Waals surface area contributed by atoms with E-state index in [1.54, 1.807) is 30.0 Å². The molecule has 118 valence electrons. The van der Waals surface area contributed by atoms with Crippen molar-refractivity contribution in [2.45, 2.75) is 17.7 Å². The number of thioether (sulfide) groups is 1. The number of benzene rings is 2. The highest BCUT2D eigenvalue weighted by Gasteiger charge is 2.38. The second-order valence-electron chi connectivity index (χ2n) is 5.53. The van der Waals surface area contributed by atoms with E-state index in [0.717, 1.165) is 16.5 Å². The van der Waals surface area contributed by atoms with Gasteiger partial charge in [-0.1, -0.05) is 40.9 Å². The molecule has 2 nitrogen and oxygen atoms in total. The molecule has 2 aliphatic rings. The molecular formula is C17H12Cl3NOS. The summed E-state index contributed by atoms with van der Waals surface area (Å²) >= 11 is 19.9. The Morgan fingerprint density at radius 2 is 1.87 bits per heavy atom. The third-order valence-electron chi connectivity index (χ3n) is 4.01. The van der Waals surface area contributed by atoms with Crippen LogP contribution in [0.4, 0.5) is 0 Å². The van der Waals surface area contributed by atoms with Crippen molar-refractivity contribution in [3.63, 3.8) is 0 Å². The quantitative estimate of drug-likeness (QED) is 0.663. The van der Waals surface area contributed by atoms with Crippen molar-refractivity contribution in [3.05, 3.63) is 62.6 Å². The Bertz CT molecular complexity index is 808. The summed E-state index contributed by atoms with van der Waals surface area (Å²) in [5.41, 5.74) is 2.59. The normalized spacial score (nSPS) is 21.8. The van der Waals surface area contributed by atoms with Crippen LogP contribution in [0.15, 0.2) is 41.4 Å². The van der Waals surface area contributed by atoms with Gasteiger partial charge < -0.3 is 4.74 Å². The van der Waals surface area contributed by atoms with Gasteiger partial charge >= 0.3 is 0 Å². The zero-order valence-electron chi connectivity index (χ0n) is 11.9. The summed E-state index contributed by atoms with van der Waals surface area (Å²) in [5, 5.41) is 3.36. The maximum atomic E-state index is 6.12. The molecule has 2 atom stereocenters. The van der Waals surface area contributed by atoms with Crippen LogP contribution in [0.2, 0.25) is 15.1 Å². The second-order valence-corrected chi connectivity index (χ2v) is 8.13. The molecule has 0 spiro atoms. The third kappa shape index (κ3) is 3.08. The summed E-state index contributed by atoms with van der Waals surface area (Å²) in [6.07, 6.45) is 1.000. The molecule has 4 rings (SSSR count). The first-order valence-corrected chi connectivity index (χ1v) is 9.21. The number of ether oxygens (including phenoxy) is 1. The van der Waals surface area contributed by atoms with Crippen molar-refractivity contribution in [2.75, 3.05) is 6.61 Å². The van der Waals surface area contributed by atoms with Gasteiger partial charge in [-0.2, -0.15) is 0 Å². The Morgan fingerprint density at radius 1 is 1.09 bits per heavy atom. The van der Waals surface area contributed by atoms with Gasteiger partial charge in [-0.15, -0.1) is 11.8 Å². The summed E-state index contributed by atoms with van der Waals surface area (Å²) in [5.74, 6) is 0.628. The number of rotatable bonds is 3. The molecular weight excluding hydrogens is 373 g/mol. The number of hydrogen-bond donors (Lipinski definition) is 0. The van der Waals surface area contributed by atoms with E-state index >= 15 is 0 Å². The van der Waals surface area contributed by atoms with E-state index in [4.69, 9.17) is 44.5 Å². The fourth-order valence-corrected chi connectivity index (χ4v) is 4.90. The lowest BCUT2D eigenvalue weighted by Gasteiger charge is -2.08. The Kier molecular flexibility index (Phi) is 4.22. The smallest absolute Gasteiger partial charge is 0.138 e. The zero-order chi connectivity index (χ0) is 16.0. The number of nitrogens with zero attached hydrogens (tertiary/aromatic N) is 1. The average Bonchev–Trinajstić information content (AvgIpc) is 3.02. The first-order valence-electron chi connectivity index (χ1n) is 7.19. The van der Waals surface area contributed by atoms with Crippen LogP contribution in [0.3, 0.4) is 0 Å². The molecule has 0 amide bonds. The van der Waals surface area contributed by atoms with E-state index < -0.39 is 0 Å². The van der Waals surface area contributed by atoms with Crippen LogP contribution >= 0.6 is 46.6 Å². The number of aliphatic imine (C=N–C) groups is 1. The first-order chi connectivity index (χ1) is 11.1. The molecule has 0 radical (unpaired) electrons. The summed E-state index contributed by atoms with van der Waals surface area (Å²) < 4.78 is 5.78. The Morgan fingerprint density at radius 3 is 2.70 bits per heavy atom. The second kappa shape index (κ2) is 6.21. The molecule has 1 aliphatic carbocycles. The Balaban J connectivity index is 1.48. The lowest BCUT2D eigenvalue weighted by Crippen LogP contribution is -2.08. The molecule has 1 aliphatic heterocycles. The molecule has 0 fully saturated rings. The van der Waals surface area contributed by atoms with Gasteiger partial charge in [-0.05, 0) is 47.9 Å². The van der Waals surface area contributed by atoms with Crippen molar-refractivity contribution >= 4 is 51.6 Å². The summed E-state index contributed by atoms with van der Waals surface area (Å²) in [7, 11) is 0. The molecule has 0 N–H and O–H groups in total. The van der Waals surface area contributed by atoms with Gasteiger partial charge in [0.2, 0.25) is 0 Å². The standard InChI is InChI=1S/C17H12Cl3NOS/c18-10-1-3-12-9(5-10)6-15-17(12)21-16(23-15)8-22-14-4-2-11(19)7-13(14)20/h1-5,7,15,17H,6,8H2. The lowest BCUT2D eigenvalue weighted by atomic mass is 10.1.